The van der Waals surface area contributed by atoms with Gasteiger partial charge in [-0.2, -0.15) is 5.26 Å². The summed E-state index contributed by atoms with van der Waals surface area (Å²) in [6.45, 7) is 2.54. The number of nitrogens with one attached hydrogen (secondary N) is 2. The van der Waals surface area contributed by atoms with Crippen LogP contribution in [0, 0.1) is 17.2 Å². The molecule has 0 heterocycles. The van der Waals surface area contributed by atoms with Gasteiger partial charge in [0, 0.05) is 12.5 Å². The fourth-order valence-electron chi connectivity index (χ4n) is 0.700. The van der Waals surface area contributed by atoms with Gasteiger partial charge in [0.25, 0.3) is 0 Å². The average molecular weight is 155 g/mol. The minimum atomic E-state index is -0.0825. The molecule has 0 aromatic heterocycles. The molecule has 0 rings (SSSR count). The molecular weight excluding hydrogens is 142 g/mol. The molecule has 0 bridgehead atoms. The van der Waals surface area contributed by atoms with Crippen molar-refractivity contribution in [1.82, 2.24) is 10.6 Å². The molecule has 0 fully saturated rings. The molecule has 4 heteroatoms. The van der Waals surface area contributed by atoms with Gasteiger partial charge in [-0.25, -0.2) is 0 Å². The summed E-state index contributed by atoms with van der Waals surface area (Å²) in [7, 11) is 1.79. The largest absolute Gasteiger partial charge is 0.343 e. The standard InChI is InChI=1S/C7H13N3O/c1-6(5-9-2)7(11)10-4-3-8/h6,9H,4-5H2,1-2H3,(H,10,11). The van der Waals surface area contributed by atoms with E-state index in [4.69, 9.17) is 5.26 Å². The van der Waals surface area contributed by atoms with Gasteiger partial charge in [-0.15, -0.1) is 0 Å². The summed E-state index contributed by atoms with van der Waals surface area (Å²) in [4.78, 5) is 11.0. The van der Waals surface area contributed by atoms with E-state index in [1.54, 1.807) is 7.05 Å². The van der Waals surface area contributed by atoms with Crippen LogP contribution in [0.25, 0.3) is 0 Å². The van der Waals surface area contributed by atoms with Gasteiger partial charge in [0.1, 0.15) is 6.54 Å². The summed E-state index contributed by atoms with van der Waals surface area (Å²) in [6, 6.07) is 1.84. The summed E-state index contributed by atoms with van der Waals surface area (Å²) in [5.74, 6) is -0.158. The number of nitriles is 1. The molecule has 0 saturated heterocycles. The lowest BCUT2D eigenvalue weighted by molar-refractivity contribution is -0.124. The molecule has 0 aliphatic heterocycles. The van der Waals surface area contributed by atoms with Crippen LogP contribution in [0.2, 0.25) is 0 Å². The number of hydrogen-bond acceptors (Lipinski definition) is 3. The van der Waals surface area contributed by atoms with Crippen LogP contribution in [0.4, 0.5) is 0 Å². The lowest BCUT2D eigenvalue weighted by Gasteiger charge is -2.08. The van der Waals surface area contributed by atoms with Crippen molar-refractivity contribution in [3.63, 3.8) is 0 Å². The van der Waals surface area contributed by atoms with Gasteiger partial charge in [-0.3, -0.25) is 4.79 Å². The highest BCUT2D eigenvalue weighted by Crippen LogP contribution is 1.90. The van der Waals surface area contributed by atoms with E-state index in [2.05, 4.69) is 10.6 Å². The maximum Gasteiger partial charge on any atom is 0.224 e. The summed E-state index contributed by atoms with van der Waals surface area (Å²) >= 11 is 0. The van der Waals surface area contributed by atoms with E-state index < -0.39 is 0 Å². The third kappa shape index (κ3) is 4.34. The first kappa shape index (κ1) is 9.92. The van der Waals surface area contributed by atoms with Gasteiger partial charge in [-0.1, -0.05) is 6.92 Å². The zero-order valence-corrected chi connectivity index (χ0v) is 6.85. The maximum absolute atomic E-state index is 11.0. The Labute approximate surface area is 66.6 Å². The topological polar surface area (TPSA) is 64.9 Å². The van der Waals surface area contributed by atoms with Gasteiger partial charge in [-0.05, 0) is 7.05 Å². The Morgan fingerprint density at radius 3 is 2.82 bits per heavy atom. The first-order chi connectivity index (χ1) is 5.22. The molecule has 1 atom stereocenters. The predicted octanol–water partition coefficient (Wildman–Crippen LogP) is -0.518. The van der Waals surface area contributed by atoms with E-state index in [0.29, 0.717) is 6.54 Å². The second kappa shape index (κ2) is 5.69. The second-order valence-corrected chi connectivity index (χ2v) is 2.33. The minimum Gasteiger partial charge on any atom is -0.343 e. The number of nitrogens with zero attached hydrogens (tertiary/aromatic N) is 1. The van der Waals surface area contributed by atoms with Crippen LogP contribution < -0.4 is 10.6 Å². The highest BCUT2D eigenvalue weighted by atomic mass is 16.1. The van der Waals surface area contributed by atoms with Crippen LogP contribution in [0.5, 0.6) is 0 Å². The van der Waals surface area contributed by atoms with Gasteiger partial charge < -0.3 is 10.6 Å². The minimum absolute atomic E-state index is 0.0756. The van der Waals surface area contributed by atoms with Gasteiger partial charge in [0.2, 0.25) is 5.91 Å². The predicted molar refractivity (Wildman–Crippen MR) is 41.7 cm³/mol. The third-order valence-corrected chi connectivity index (χ3v) is 1.30. The monoisotopic (exact) mass is 155 g/mol. The molecule has 0 spiro atoms. The van der Waals surface area contributed by atoms with Gasteiger partial charge in [0.15, 0.2) is 0 Å². The van der Waals surface area contributed by atoms with E-state index >= 15 is 0 Å². The van der Waals surface area contributed by atoms with E-state index in [1.165, 1.54) is 0 Å². The fourth-order valence-corrected chi connectivity index (χ4v) is 0.700. The summed E-state index contributed by atoms with van der Waals surface area (Å²) in [6.07, 6.45) is 0. The van der Waals surface area contributed by atoms with Crippen LogP contribution in [-0.2, 0) is 4.79 Å². The summed E-state index contributed by atoms with van der Waals surface area (Å²) in [5.41, 5.74) is 0. The highest BCUT2D eigenvalue weighted by molar-refractivity contribution is 5.78. The van der Waals surface area contributed by atoms with E-state index in [-0.39, 0.29) is 18.4 Å². The molecule has 4 nitrogen and oxygen atoms in total. The van der Waals surface area contributed by atoms with Crippen LogP contribution >= 0.6 is 0 Å². The Balaban J connectivity index is 3.57. The molecule has 0 aromatic rings. The normalized spacial score (nSPS) is 11.7. The number of carbonyl (C=O) groups excluding carboxylic acids is 1. The second-order valence-electron chi connectivity index (χ2n) is 2.33. The van der Waals surface area contributed by atoms with Crippen LogP contribution in [-0.4, -0.2) is 26.0 Å². The van der Waals surface area contributed by atoms with Crippen LogP contribution in [0.3, 0.4) is 0 Å². The van der Waals surface area contributed by atoms with Crippen molar-refractivity contribution < 1.29 is 4.79 Å². The molecule has 1 unspecified atom stereocenters. The Kier molecular flexibility index (Phi) is 5.13. The number of carbonyl (C=O) groups is 1. The zero-order valence-electron chi connectivity index (χ0n) is 6.85. The van der Waals surface area contributed by atoms with Crippen molar-refractivity contribution in [2.45, 2.75) is 6.92 Å². The van der Waals surface area contributed by atoms with Crippen LogP contribution in [0.15, 0.2) is 0 Å². The zero-order chi connectivity index (χ0) is 8.69. The first-order valence-corrected chi connectivity index (χ1v) is 3.51. The van der Waals surface area contributed by atoms with Crippen molar-refractivity contribution in [2.24, 2.45) is 5.92 Å². The van der Waals surface area contributed by atoms with Crippen molar-refractivity contribution in [1.29, 1.82) is 5.26 Å². The van der Waals surface area contributed by atoms with E-state index in [1.807, 2.05) is 13.0 Å². The van der Waals surface area contributed by atoms with Crippen molar-refractivity contribution >= 4 is 5.91 Å². The fraction of sp³-hybridized carbons (Fsp3) is 0.714. The van der Waals surface area contributed by atoms with E-state index in [9.17, 15) is 4.79 Å². The highest BCUT2D eigenvalue weighted by Gasteiger charge is 2.09. The van der Waals surface area contributed by atoms with Crippen molar-refractivity contribution in [3.8, 4) is 6.07 Å². The molecule has 0 aliphatic rings. The van der Waals surface area contributed by atoms with Crippen molar-refractivity contribution in [2.75, 3.05) is 20.1 Å². The molecule has 0 aromatic carbocycles. The van der Waals surface area contributed by atoms with Crippen LogP contribution in [0.1, 0.15) is 6.92 Å². The molecule has 2 N–H and O–H groups in total. The Bertz CT molecular complexity index is 162. The molecule has 11 heavy (non-hydrogen) atoms. The summed E-state index contributed by atoms with van der Waals surface area (Å²) in [5, 5.41) is 13.5. The number of hydrogen-bond donors (Lipinski definition) is 2. The molecule has 0 radical (unpaired) electrons. The maximum atomic E-state index is 11.0. The Morgan fingerprint density at radius 2 is 2.36 bits per heavy atom. The molecule has 1 amide bonds. The quantitative estimate of drug-likeness (QED) is 0.537. The molecule has 0 saturated carbocycles. The Hall–Kier alpha value is -1.08. The van der Waals surface area contributed by atoms with E-state index in [0.717, 1.165) is 0 Å². The third-order valence-electron chi connectivity index (χ3n) is 1.30. The smallest absolute Gasteiger partial charge is 0.224 e. The molecular formula is C7H13N3O. The summed E-state index contributed by atoms with van der Waals surface area (Å²) < 4.78 is 0. The first-order valence-electron chi connectivity index (χ1n) is 3.51. The SMILES string of the molecule is CNCC(C)C(=O)NCC#N. The van der Waals surface area contributed by atoms with Gasteiger partial charge >= 0.3 is 0 Å². The van der Waals surface area contributed by atoms with Gasteiger partial charge in [0.05, 0.1) is 6.07 Å². The molecule has 62 valence electrons. The lowest BCUT2D eigenvalue weighted by atomic mass is 10.1. The Morgan fingerprint density at radius 1 is 1.73 bits per heavy atom. The number of amides is 1. The average Bonchev–Trinajstić information content (AvgIpc) is 2.00. The number of rotatable bonds is 4. The van der Waals surface area contributed by atoms with Crippen molar-refractivity contribution in [3.05, 3.63) is 0 Å². The lowest BCUT2D eigenvalue weighted by Crippen LogP contribution is -2.34. The molecule has 0 aliphatic carbocycles.